The smallest absolute Gasteiger partial charge is 0.439 e. The number of fused-ring (bicyclic) bond motifs is 2. The summed E-state index contributed by atoms with van der Waals surface area (Å²) < 4.78 is 21.5. The lowest BCUT2D eigenvalue weighted by Crippen LogP contribution is -2.27. The maximum Gasteiger partial charge on any atom is 0.491 e. The predicted molar refractivity (Wildman–Crippen MR) is 154 cm³/mol. The molecule has 10 nitrogen and oxygen atoms in total. The van der Waals surface area contributed by atoms with Gasteiger partial charge in [-0.2, -0.15) is 0 Å². The first kappa shape index (κ1) is 30.6. The fourth-order valence-electron chi connectivity index (χ4n) is 3.91. The number of halogens is 1. The minimum atomic E-state index is -0.902. The summed E-state index contributed by atoms with van der Waals surface area (Å²) in [5.74, 6) is 2.28. The normalized spacial score (nSPS) is 12.6. The molecular formula is C27H27B2ClN4O6. The maximum absolute atomic E-state index is 9.64. The van der Waals surface area contributed by atoms with Gasteiger partial charge in [-0.1, -0.05) is 43.2 Å². The predicted octanol–water partition coefficient (Wildman–Crippen LogP) is 3.25. The minimum absolute atomic E-state index is 0. The van der Waals surface area contributed by atoms with Crippen molar-refractivity contribution in [3.05, 3.63) is 101 Å². The highest BCUT2D eigenvalue weighted by Crippen LogP contribution is 2.24. The number of benzene rings is 2. The molecule has 0 saturated carbocycles. The molecule has 204 valence electrons. The zero-order valence-corrected chi connectivity index (χ0v) is 21.4. The van der Waals surface area contributed by atoms with Crippen molar-refractivity contribution in [3.63, 3.8) is 0 Å². The van der Waals surface area contributed by atoms with Crippen molar-refractivity contribution in [2.45, 2.75) is 27.2 Å². The molecule has 2 aliphatic rings. The third-order valence-electron chi connectivity index (χ3n) is 5.82. The summed E-state index contributed by atoms with van der Waals surface area (Å²) in [5.41, 5.74) is 9.67. The Morgan fingerprint density at radius 1 is 0.825 bits per heavy atom. The van der Waals surface area contributed by atoms with Gasteiger partial charge in [0, 0.05) is 18.7 Å². The number of hydrogen-bond acceptors (Lipinski definition) is 9. The molecule has 0 spiro atoms. The fraction of sp³-hybridized carbons (Fsp3) is 0.148. The Morgan fingerprint density at radius 2 is 1.35 bits per heavy atom. The average molecular weight is 561 g/mol. The van der Waals surface area contributed by atoms with E-state index in [1.165, 1.54) is 0 Å². The number of aromatic nitrogens is 2. The van der Waals surface area contributed by atoms with E-state index in [1.807, 2.05) is 30.3 Å². The van der Waals surface area contributed by atoms with Gasteiger partial charge in [-0.3, -0.25) is 0 Å². The highest BCUT2D eigenvalue weighted by atomic mass is 35.5. The standard InChI is InChI=1S/C13H9BN2O3.C13H13BN2O3.CH4.ClH/c1-15-12-3-2-4-13(16-12)19-10-6-5-9-8-18-14(17)11(9)7-10;15-7-10-2-1-3-13(16-10)19-11-5-4-9-8-18-14(17)12(9)6-11;;/h2-7,17H,8H2;1-6,17H,7-8,15H2;1H4;1H. The molecular weight excluding hydrogens is 533 g/mol. The van der Waals surface area contributed by atoms with Crippen LogP contribution in [0, 0.1) is 6.57 Å². The van der Waals surface area contributed by atoms with Crippen molar-refractivity contribution in [1.29, 1.82) is 0 Å². The molecule has 4 N–H and O–H groups in total. The van der Waals surface area contributed by atoms with Crippen LogP contribution in [-0.2, 0) is 29.1 Å². The quantitative estimate of drug-likeness (QED) is 0.248. The summed E-state index contributed by atoms with van der Waals surface area (Å²) in [6, 6.07) is 21.3. The van der Waals surface area contributed by atoms with Crippen LogP contribution in [0.3, 0.4) is 0 Å². The Bertz CT molecular complexity index is 1510. The van der Waals surface area contributed by atoms with Crippen molar-refractivity contribution in [2.75, 3.05) is 0 Å². The molecule has 0 bridgehead atoms. The summed E-state index contributed by atoms with van der Waals surface area (Å²) in [5, 5.41) is 19.3. The number of hydrogen-bond donors (Lipinski definition) is 3. The molecule has 2 aliphatic heterocycles. The number of nitrogens with zero attached hydrogens (tertiary/aromatic N) is 3. The molecule has 0 radical (unpaired) electrons. The first-order valence-corrected chi connectivity index (χ1v) is 11.7. The van der Waals surface area contributed by atoms with Crippen LogP contribution in [-0.4, -0.2) is 34.3 Å². The third kappa shape index (κ3) is 7.16. The van der Waals surface area contributed by atoms with Crippen LogP contribution in [0.25, 0.3) is 4.85 Å². The molecule has 0 aliphatic carbocycles. The lowest BCUT2D eigenvalue weighted by molar-refractivity contribution is 0.275. The van der Waals surface area contributed by atoms with Gasteiger partial charge in [0.1, 0.15) is 11.5 Å². The molecule has 2 aromatic carbocycles. The first-order chi connectivity index (χ1) is 18.5. The van der Waals surface area contributed by atoms with Gasteiger partial charge in [0.25, 0.3) is 5.82 Å². The van der Waals surface area contributed by atoms with Crippen molar-refractivity contribution in [1.82, 2.24) is 9.97 Å². The average Bonchev–Trinajstić information content (AvgIpc) is 3.51. The van der Waals surface area contributed by atoms with Crippen LogP contribution < -0.4 is 26.1 Å². The van der Waals surface area contributed by atoms with Gasteiger partial charge in [0.15, 0.2) is 0 Å². The van der Waals surface area contributed by atoms with Gasteiger partial charge in [0.2, 0.25) is 5.88 Å². The number of rotatable bonds is 5. The molecule has 0 saturated heterocycles. The van der Waals surface area contributed by atoms with Gasteiger partial charge in [0.05, 0.1) is 18.9 Å². The van der Waals surface area contributed by atoms with Crippen molar-refractivity contribution in [3.8, 4) is 23.3 Å². The van der Waals surface area contributed by atoms with E-state index in [-0.39, 0.29) is 25.7 Å². The van der Waals surface area contributed by atoms with Crippen molar-refractivity contribution >= 4 is 43.4 Å². The summed E-state index contributed by atoms with van der Waals surface area (Å²) in [4.78, 5) is 11.5. The zero-order chi connectivity index (χ0) is 26.5. The van der Waals surface area contributed by atoms with E-state index in [0.717, 1.165) is 22.3 Å². The van der Waals surface area contributed by atoms with Gasteiger partial charge in [-0.15, -0.1) is 12.4 Å². The van der Waals surface area contributed by atoms with Crippen LogP contribution in [0.4, 0.5) is 5.82 Å². The molecule has 0 fully saturated rings. The van der Waals surface area contributed by atoms with Crippen LogP contribution in [0.15, 0.2) is 72.8 Å². The molecule has 6 rings (SSSR count). The fourth-order valence-corrected chi connectivity index (χ4v) is 3.91. The van der Waals surface area contributed by atoms with E-state index in [1.54, 1.807) is 42.5 Å². The second-order valence-corrected chi connectivity index (χ2v) is 8.37. The van der Waals surface area contributed by atoms with E-state index in [9.17, 15) is 10.0 Å². The van der Waals surface area contributed by atoms with Crippen LogP contribution >= 0.6 is 12.4 Å². The Balaban J connectivity index is 0.000000210. The van der Waals surface area contributed by atoms with E-state index < -0.39 is 14.2 Å². The van der Waals surface area contributed by atoms with E-state index in [0.29, 0.717) is 48.5 Å². The Hall–Kier alpha value is -3.95. The van der Waals surface area contributed by atoms with Gasteiger partial charge >= 0.3 is 20.1 Å². The summed E-state index contributed by atoms with van der Waals surface area (Å²) in [7, 11) is -1.78. The number of nitrogens with two attached hydrogens (primary N) is 1. The largest absolute Gasteiger partial charge is 0.491 e. The Labute approximate surface area is 239 Å². The second kappa shape index (κ2) is 13.9. The second-order valence-electron chi connectivity index (χ2n) is 8.37. The van der Waals surface area contributed by atoms with E-state index in [4.69, 9.17) is 31.1 Å². The SMILES string of the molecule is C.Cl.NCc1cccc(Oc2ccc3c(c2)B(O)OC3)n1.[C-]#[N+]c1cccc(Oc2ccc3c(c2)B(O)OC3)n1. The molecule has 4 aromatic rings. The summed E-state index contributed by atoms with van der Waals surface area (Å²) in [6.45, 7) is 8.11. The van der Waals surface area contributed by atoms with Gasteiger partial charge < -0.3 is 39.4 Å². The summed E-state index contributed by atoms with van der Waals surface area (Å²) in [6.07, 6.45) is 0. The number of ether oxygens (including phenoxy) is 2. The van der Waals surface area contributed by atoms with E-state index in [2.05, 4.69) is 14.8 Å². The third-order valence-corrected chi connectivity index (χ3v) is 5.82. The van der Waals surface area contributed by atoms with Crippen LogP contribution in [0.1, 0.15) is 24.2 Å². The molecule has 0 unspecified atom stereocenters. The Kier molecular flexibility index (Phi) is 10.6. The molecule has 4 heterocycles. The minimum Gasteiger partial charge on any atom is -0.439 e. The highest BCUT2D eigenvalue weighted by molar-refractivity contribution is 6.62. The summed E-state index contributed by atoms with van der Waals surface area (Å²) >= 11 is 0. The van der Waals surface area contributed by atoms with Gasteiger partial charge in [-0.05, 0) is 58.5 Å². The Morgan fingerprint density at radius 3 is 1.88 bits per heavy atom. The van der Waals surface area contributed by atoms with E-state index >= 15 is 0 Å². The first-order valence-electron chi connectivity index (χ1n) is 11.7. The highest BCUT2D eigenvalue weighted by Gasteiger charge is 2.28. The van der Waals surface area contributed by atoms with Crippen molar-refractivity contribution in [2.24, 2.45) is 5.73 Å². The topological polar surface area (TPSA) is 134 Å². The zero-order valence-electron chi connectivity index (χ0n) is 20.6. The molecule has 13 heteroatoms. The molecule has 2 aromatic heterocycles. The monoisotopic (exact) mass is 560 g/mol. The van der Waals surface area contributed by atoms with Crippen LogP contribution in [0.5, 0.6) is 23.3 Å². The lowest BCUT2D eigenvalue weighted by atomic mass is 9.79. The number of pyridine rings is 2. The maximum atomic E-state index is 9.64. The van der Waals surface area contributed by atoms with Crippen molar-refractivity contribution < 1.29 is 28.8 Å². The molecule has 0 atom stereocenters. The molecule has 0 amide bonds. The van der Waals surface area contributed by atoms with Gasteiger partial charge in [-0.25, -0.2) is 4.98 Å². The van der Waals surface area contributed by atoms with Crippen LogP contribution in [0.2, 0.25) is 0 Å². The molecule has 40 heavy (non-hydrogen) atoms. The lowest BCUT2D eigenvalue weighted by Gasteiger charge is -2.07.